The number of aliphatic imine (C=N–C) groups is 1. The number of nitrogens with zero attached hydrogens (tertiary/aromatic N) is 2. The maximum absolute atomic E-state index is 12.7. The third kappa shape index (κ3) is 1.84. The van der Waals surface area contributed by atoms with E-state index in [0.717, 1.165) is 30.8 Å². The van der Waals surface area contributed by atoms with Gasteiger partial charge in [0.15, 0.2) is 0 Å². The molecule has 5 aliphatic rings. The molecule has 4 fully saturated rings. The van der Waals surface area contributed by atoms with Crippen LogP contribution in [0.2, 0.25) is 0 Å². The van der Waals surface area contributed by atoms with Crippen LogP contribution in [0.1, 0.15) is 39.0 Å². The molecular weight excluding hydrogens is 250 g/mol. The van der Waals surface area contributed by atoms with Crippen molar-refractivity contribution in [3.05, 3.63) is 0 Å². The van der Waals surface area contributed by atoms with Crippen molar-refractivity contribution in [2.75, 3.05) is 13.1 Å². The van der Waals surface area contributed by atoms with E-state index in [0.29, 0.717) is 17.8 Å². The Bertz CT molecular complexity index is 431. The molecule has 4 bridgehead atoms. The number of amidine groups is 1. The van der Waals surface area contributed by atoms with Gasteiger partial charge in [-0.3, -0.25) is 14.7 Å². The smallest absolute Gasteiger partial charge is 0.245 e. The van der Waals surface area contributed by atoms with E-state index in [1.54, 1.807) is 0 Å². The van der Waals surface area contributed by atoms with Crippen molar-refractivity contribution in [1.29, 1.82) is 0 Å². The lowest BCUT2D eigenvalue weighted by molar-refractivity contribution is -0.134. The molecule has 0 aromatic heterocycles. The third-order valence-electron chi connectivity index (χ3n) is 6.32. The van der Waals surface area contributed by atoms with Crippen LogP contribution >= 0.6 is 0 Å². The largest absolute Gasteiger partial charge is 0.320 e. The zero-order valence-corrected chi connectivity index (χ0v) is 12.3. The summed E-state index contributed by atoms with van der Waals surface area (Å²) in [6, 6.07) is -0.298. The number of rotatable bonds is 2. The third-order valence-corrected chi connectivity index (χ3v) is 6.32. The molecule has 0 aromatic carbocycles. The van der Waals surface area contributed by atoms with Crippen LogP contribution in [0.5, 0.6) is 0 Å². The highest BCUT2D eigenvalue weighted by Gasteiger charge is 2.51. The van der Waals surface area contributed by atoms with Crippen molar-refractivity contribution in [3.63, 3.8) is 0 Å². The van der Waals surface area contributed by atoms with E-state index in [1.807, 2.05) is 11.8 Å². The predicted octanol–water partition coefficient (Wildman–Crippen LogP) is 1.65. The van der Waals surface area contributed by atoms with Crippen LogP contribution in [0.3, 0.4) is 0 Å². The first-order valence-electron chi connectivity index (χ1n) is 8.21. The molecule has 4 heteroatoms. The topological polar surface area (TPSA) is 58.7 Å². The number of carbonyl (C=O) groups excluding carboxylic acids is 1. The van der Waals surface area contributed by atoms with Gasteiger partial charge in [0.2, 0.25) is 5.91 Å². The Kier molecular flexibility index (Phi) is 2.92. The quantitative estimate of drug-likeness (QED) is 0.833. The van der Waals surface area contributed by atoms with Gasteiger partial charge in [0.25, 0.3) is 0 Å². The maximum Gasteiger partial charge on any atom is 0.245 e. The van der Waals surface area contributed by atoms with E-state index in [2.05, 4.69) is 4.99 Å². The van der Waals surface area contributed by atoms with Gasteiger partial charge in [-0.15, -0.1) is 0 Å². The number of nitrogens with two attached hydrogens (primary N) is 1. The first-order valence-corrected chi connectivity index (χ1v) is 8.21. The fourth-order valence-electron chi connectivity index (χ4n) is 5.73. The Balaban J connectivity index is 1.52. The van der Waals surface area contributed by atoms with Crippen LogP contribution in [0.25, 0.3) is 0 Å². The molecule has 1 heterocycles. The van der Waals surface area contributed by atoms with Crippen LogP contribution in [0.4, 0.5) is 0 Å². The van der Waals surface area contributed by atoms with Gasteiger partial charge in [-0.05, 0) is 68.6 Å². The summed E-state index contributed by atoms with van der Waals surface area (Å²) in [5.74, 6) is 4.71. The summed E-state index contributed by atoms with van der Waals surface area (Å²) >= 11 is 0. The van der Waals surface area contributed by atoms with E-state index in [4.69, 9.17) is 5.73 Å². The van der Waals surface area contributed by atoms with E-state index >= 15 is 0 Å². The molecule has 2 N–H and O–H groups in total. The summed E-state index contributed by atoms with van der Waals surface area (Å²) in [6.45, 7) is 3.39. The molecule has 5 rings (SSSR count). The van der Waals surface area contributed by atoms with E-state index in [-0.39, 0.29) is 11.9 Å². The van der Waals surface area contributed by atoms with Crippen LogP contribution < -0.4 is 5.73 Å². The fourth-order valence-corrected chi connectivity index (χ4v) is 5.73. The van der Waals surface area contributed by atoms with Gasteiger partial charge >= 0.3 is 0 Å². The number of hydrogen-bond acceptors (Lipinski definition) is 3. The summed E-state index contributed by atoms with van der Waals surface area (Å²) in [6.07, 6.45) is 6.75. The molecule has 4 saturated carbocycles. The highest BCUT2D eigenvalue weighted by molar-refractivity contribution is 6.00. The van der Waals surface area contributed by atoms with Crippen LogP contribution in [-0.4, -0.2) is 35.8 Å². The van der Waals surface area contributed by atoms with Gasteiger partial charge < -0.3 is 5.73 Å². The molecule has 1 aliphatic heterocycles. The van der Waals surface area contributed by atoms with Gasteiger partial charge in [-0.2, -0.15) is 0 Å². The van der Waals surface area contributed by atoms with Crippen LogP contribution in [0, 0.1) is 29.6 Å². The summed E-state index contributed by atoms with van der Waals surface area (Å²) < 4.78 is 0. The second kappa shape index (κ2) is 4.55. The number of amides is 1. The van der Waals surface area contributed by atoms with E-state index in [9.17, 15) is 4.79 Å². The predicted molar refractivity (Wildman–Crippen MR) is 78.2 cm³/mol. The van der Waals surface area contributed by atoms with Crippen molar-refractivity contribution in [2.24, 2.45) is 40.3 Å². The Labute approximate surface area is 120 Å². The van der Waals surface area contributed by atoms with Gasteiger partial charge in [0.1, 0.15) is 5.84 Å². The Hall–Kier alpha value is -0.900. The van der Waals surface area contributed by atoms with Gasteiger partial charge in [0.05, 0.1) is 12.6 Å². The second-order valence-corrected chi connectivity index (χ2v) is 7.45. The lowest BCUT2D eigenvalue weighted by Gasteiger charge is -2.55. The fraction of sp³-hybridized carbons (Fsp3) is 0.875. The minimum atomic E-state index is -0.298. The molecule has 0 aromatic rings. The molecule has 1 atom stereocenters. The zero-order valence-electron chi connectivity index (χ0n) is 12.3. The molecule has 0 spiro atoms. The Morgan fingerprint density at radius 1 is 1.20 bits per heavy atom. The molecule has 1 amide bonds. The minimum absolute atomic E-state index is 0.126. The van der Waals surface area contributed by atoms with Gasteiger partial charge in [0, 0.05) is 6.54 Å². The lowest BCUT2D eigenvalue weighted by Crippen LogP contribution is -2.57. The highest BCUT2D eigenvalue weighted by Crippen LogP contribution is 2.57. The normalized spacial score (nSPS) is 43.8. The molecule has 4 nitrogen and oxygen atoms in total. The second-order valence-electron chi connectivity index (χ2n) is 7.45. The SMILES string of the molecule is CC1=NCCN1C(=O)C(N)C1C2CC3CC(C2)CC1C3. The summed E-state index contributed by atoms with van der Waals surface area (Å²) in [4.78, 5) is 18.8. The maximum atomic E-state index is 12.7. The van der Waals surface area contributed by atoms with Crippen molar-refractivity contribution >= 4 is 11.7 Å². The summed E-state index contributed by atoms with van der Waals surface area (Å²) in [5.41, 5.74) is 6.44. The zero-order chi connectivity index (χ0) is 13.9. The monoisotopic (exact) mass is 275 g/mol. The van der Waals surface area contributed by atoms with Crippen LogP contribution in [-0.2, 0) is 4.79 Å². The van der Waals surface area contributed by atoms with Crippen molar-refractivity contribution in [2.45, 2.75) is 45.1 Å². The lowest BCUT2D eigenvalue weighted by atomic mass is 9.50. The number of carbonyl (C=O) groups is 1. The molecule has 0 saturated heterocycles. The number of hydrogen-bond donors (Lipinski definition) is 1. The first-order chi connectivity index (χ1) is 9.63. The van der Waals surface area contributed by atoms with Crippen molar-refractivity contribution in [1.82, 2.24) is 4.90 Å². The molecule has 110 valence electrons. The van der Waals surface area contributed by atoms with E-state index < -0.39 is 0 Å². The van der Waals surface area contributed by atoms with Crippen LogP contribution in [0.15, 0.2) is 4.99 Å². The molecule has 20 heavy (non-hydrogen) atoms. The Morgan fingerprint density at radius 2 is 1.80 bits per heavy atom. The molecule has 0 radical (unpaired) electrons. The van der Waals surface area contributed by atoms with Crippen molar-refractivity contribution < 1.29 is 4.79 Å². The Morgan fingerprint density at radius 3 is 2.30 bits per heavy atom. The summed E-state index contributed by atoms with van der Waals surface area (Å²) in [7, 11) is 0. The molecular formula is C16H25N3O. The minimum Gasteiger partial charge on any atom is -0.320 e. The summed E-state index contributed by atoms with van der Waals surface area (Å²) in [5, 5.41) is 0. The first kappa shape index (κ1) is 12.8. The molecule has 4 aliphatic carbocycles. The van der Waals surface area contributed by atoms with Crippen molar-refractivity contribution in [3.8, 4) is 0 Å². The highest BCUT2D eigenvalue weighted by atomic mass is 16.2. The average Bonchev–Trinajstić information content (AvgIpc) is 2.82. The van der Waals surface area contributed by atoms with Gasteiger partial charge in [-0.1, -0.05) is 0 Å². The standard InChI is InChI=1S/C16H25N3O/c1-9-18-2-3-19(9)16(20)15(17)14-12-5-10-4-11(7-12)8-13(14)6-10/h10-15H,2-8,17H2,1H3. The van der Waals surface area contributed by atoms with E-state index in [1.165, 1.54) is 32.1 Å². The van der Waals surface area contributed by atoms with Gasteiger partial charge in [-0.25, -0.2) is 0 Å². The molecule has 1 unspecified atom stereocenters. The average molecular weight is 275 g/mol.